The van der Waals surface area contributed by atoms with Gasteiger partial charge in [-0.15, -0.1) is 0 Å². The van der Waals surface area contributed by atoms with Crippen LogP contribution >= 0.6 is 0 Å². The van der Waals surface area contributed by atoms with Gasteiger partial charge in [-0.1, -0.05) is 13.0 Å². The average molecular weight is 237 g/mol. The molecule has 1 aromatic carbocycles. The van der Waals surface area contributed by atoms with Gasteiger partial charge in [0.15, 0.2) is 17.3 Å². The van der Waals surface area contributed by atoms with E-state index < -0.39 is 5.82 Å². The lowest BCUT2D eigenvalue weighted by molar-refractivity contribution is 0.0902. The molecule has 0 radical (unpaired) electrons. The molecule has 0 aromatic heterocycles. The van der Waals surface area contributed by atoms with Crippen molar-refractivity contribution in [3.8, 4) is 5.75 Å². The Kier molecular flexibility index (Phi) is 3.43. The quantitative estimate of drug-likeness (QED) is 0.816. The van der Waals surface area contributed by atoms with Gasteiger partial charge in [-0.25, -0.2) is 4.39 Å². The Morgan fingerprint density at radius 1 is 1.47 bits per heavy atom. The van der Waals surface area contributed by atoms with E-state index >= 15 is 0 Å². The molecule has 1 aromatic rings. The predicted molar refractivity (Wildman–Crippen MR) is 62.8 cm³/mol. The summed E-state index contributed by atoms with van der Waals surface area (Å²) in [4.78, 5) is 12.2. The number of nitrogens with one attached hydrogen (secondary N) is 1. The molecule has 17 heavy (non-hydrogen) atoms. The van der Waals surface area contributed by atoms with Crippen molar-refractivity contribution in [3.63, 3.8) is 0 Å². The van der Waals surface area contributed by atoms with E-state index in [1.165, 1.54) is 19.2 Å². The molecule has 2 rings (SSSR count). The third kappa shape index (κ3) is 2.17. The van der Waals surface area contributed by atoms with Crippen LogP contribution in [0.25, 0.3) is 0 Å². The summed E-state index contributed by atoms with van der Waals surface area (Å²) in [5.41, 5.74) is 0.130. The molecule has 4 heteroatoms. The highest BCUT2D eigenvalue weighted by Crippen LogP contribution is 2.26. The van der Waals surface area contributed by atoms with E-state index in [4.69, 9.17) is 4.74 Å². The topological polar surface area (TPSA) is 38.3 Å². The summed E-state index contributed by atoms with van der Waals surface area (Å²) in [6.07, 6.45) is 0. The molecule has 92 valence electrons. The van der Waals surface area contributed by atoms with Crippen LogP contribution in [-0.2, 0) is 0 Å². The van der Waals surface area contributed by atoms with Crippen molar-refractivity contribution < 1.29 is 13.9 Å². The zero-order chi connectivity index (χ0) is 12.4. The smallest absolute Gasteiger partial charge is 0.175 e. The first-order valence-corrected chi connectivity index (χ1v) is 5.72. The van der Waals surface area contributed by atoms with Crippen molar-refractivity contribution in [1.29, 1.82) is 0 Å². The Balaban J connectivity index is 2.30. The monoisotopic (exact) mass is 237 g/mol. The Morgan fingerprint density at radius 3 is 2.82 bits per heavy atom. The van der Waals surface area contributed by atoms with Crippen molar-refractivity contribution in [2.75, 3.05) is 20.2 Å². The maximum Gasteiger partial charge on any atom is 0.175 e. The summed E-state index contributed by atoms with van der Waals surface area (Å²) >= 11 is 0. The molecule has 0 spiro atoms. The van der Waals surface area contributed by atoms with Crippen LogP contribution in [0.4, 0.5) is 4.39 Å². The van der Waals surface area contributed by atoms with Crippen molar-refractivity contribution in [1.82, 2.24) is 5.32 Å². The average Bonchev–Trinajstić information content (AvgIpc) is 2.75. The molecule has 1 saturated heterocycles. The minimum Gasteiger partial charge on any atom is -0.494 e. The summed E-state index contributed by atoms with van der Waals surface area (Å²) in [7, 11) is 1.40. The van der Waals surface area contributed by atoms with Gasteiger partial charge in [0, 0.05) is 12.5 Å². The molecule has 2 atom stereocenters. The normalized spacial score (nSPS) is 23.7. The number of carbonyl (C=O) groups excluding carboxylic acids is 1. The standard InChI is InChI=1S/C13H16FNO2/c1-8-6-15-7-10(8)13(16)9-4-3-5-11(17-2)12(9)14/h3-5,8,10,15H,6-7H2,1-2H3. The molecule has 1 aliphatic rings. The van der Waals surface area contributed by atoms with Gasteiger partial charge in [0.1, 0.15) is 0 Å². The van der Waals surface area contributed by atoms with E-state index in [2.05, 4.69) is 5.32 Å². The highest BCUT2D eigenvalue weighted by molar-refractivity contribution is 5.99. The van der Waals surface area contributed by atoms with Gasteiger partial charge in [-0.3, -0.25) is 4.79 Å². The van der Waals surface area contributed by atoms with Crippen molar-refractivity contribution in [2.24, 2.45) is 11.8 Å². The van der Waals surface area contributed by atoms with E-state index in [0.29, 0.717) is 6.54 Å². The molecule has 1 fully saturated rings. The Labute approximate surface area is 100.0 Å². The molecular weight excluding hydrogens is 221 g/mol. The fraction of sp³-hybridized carbons (Fsp3) is 0.462. The SMILES string of the molecule is COc1cccc(C(=O)C2CNCC2C)c1F. The van der Waals surface area contributed by atoms with E-state index in [9.17, 15) is 9.18 Å². The van der Waals surface area contributed by atoms with Crippen molar-refractivity contribution in [2.45, 2.75) is 6.92 Å². The van der Waals surface area contributed by atoms with Gasteiger partial charge in [-0.2, -0.15) is 0 Å². The summed E-state index contributed by atoms with van der Waals surface area (Å²) < 4.78 is 18.8. The number of carbonyl (C=O) groups is 1. The number of hydrogen-bond acceptors (Lipinski definition) is 3. The Bertz CT molecular complexity index is 433. The van der Waals surface area contributed by atoms with Gasteiger partial charge in [0.2, 0.25) is 0 Å². The lowest BCUT2D eigenvalue weighted by atomic mass is 9.89. The molecule has 0 bridgehead atoms. The lowest BCUT2D eigenvalue weighted by Gasteiger charge is -2.14. The Hall–Kier alpha value is -1.42. The van der Waals surface area contributed by atoms with Crippen molar-refractivity contribution >= 4 is 5.78 Å². The third-order valence-corrected chi connectivity index (χ3v) is 3.30. The van der Waals surface area contributed by atoms with Crippen LogP contribution in [0.1, 0.15) is 17.3 Å². The zero-order valence-electron chi connectivity index (χ0n) is 10.00. The van der Waals surface area contributed by atoms with Gasteiger partial charge >= 0.3 is 0 Å². The number of ether oxygens (including phenoxy) is 1. The molecule has 0 amide bonds. The van der Waals surface area contributed by atoms with Crippen LogP contribution < -0.4 is 10.1 Å². The maximum absolute atomic E-state index is 13.9. The first kappa shape index (κ1) is 12.0. The highest BCUT2D eigenvalue weighted by atomic mass is 19.1. The van der Waals surface area contributed by atoms with Gasteiger partial charge in [-0.05, 0) is 24.6 Å². The molecule has 0 aliphatic carbocycles. The van der Waals surface area contributed by atoms with Gasteiger partial charge in [0.05, 0.1) is 12.7 Å². The predicted octanol–water partition coefficient (Wildman–Crippen LogP) is 1.87. The fourth-order valence-corrected chi connectivity index (χ4v) is 2.22. The fourth-order valence-electron chi connectivity index (χ4n) is 2.22. The number of Topliss-reactive ketones (excluding diaryl/α,β-unsaturated/α-hetero) is 1. The number of hydrogen-bond donors (Lipinski definition) is 1. The second-order valence-electron chi connectivity index (χ2n) is 4.43. The second kappa shape index (κ2) is 4.84. The molecule has 3 nitrogen and oxygen atoms in total. The van der Waals surface area contributed by atoms with Crippen LogP contribution in [0.15, 0.2) is 18.2 Å². The van der Waals surface area contributed by atoms with Crippen LogP contribution in [0, 0.1) is 17.7 Å². The third-order valence-electron chi connectivity index (χ3n) is 3.30. The number of halogens is 1. The van der Waals surface area contributed by atoms with Crippen LogP contribution in [0.5, 0.6) is 5.75 Å². The van der Waals surface area contributed by atoms with Crippen LogP contribution in [0.3, 0.4) is 0 Å². The first-order valence-electron chi connectivity index (χ1n) is 5.72. The van der Waals surface area contributed by atoms with E-state index in [1.54, 1.807) is 6.07 Å². The second-order valence-corrected chi connectivity index (χ2v) is 4.43. The first-order chi connectivity index (χ1) is 8.15. The molecule has 1 aliphatic heterocycles. The highest BCUT2D eigenvalue weighted by Gasteiger charge is 2.32. The molecule has 0 saturated carbocycles. The number of ketones is 1. The van der Waals surface area contributed by atoms with Crippen molar-refractivity contribution in [3.05, 3.63) is 29.6 Å². The van der Waals surface area contributed by atoms with E-state index in [1.807, 2.05) is 6.92 Å². The Morgan fingerprint density at radius 2 is 2.24 bits per heavy atom. The summed E-state index contributed by atoms with van der Waals surface area (Å²) in [5.74, 6) is -0.475. The van der Waals surface area contributed by atoms with Gasteiger partial charge < -0.3 is 10.1 Å². The summed E-state index contributed by atoms with van der Waals surface area (Å²) in [6.45, 7) is 3.43. The van der Waals surface area contributed by atoms with Gasteiger partial charge in [0.25, 0.3) is 0 Å². The minimum absolute atomic E-state index is 0.120. The number of methoxy groups -OCH3 is 1. The molecule has 1 N–H and O–H groups in total. The van der Waals surface area contributed by atoms with Crippen LogP contribution in [-0.4, -0.2) is 26.0 Å². The zero-order valence-corrected chi connectivity index (χ0v) is 10.00. The minimum atomic E-state index is -0.556. The molecular formula is C13H16FNO2. The summed E-state index contributed by atoms with van der Waals surface area (Å²) in [5, 5.41) is 3.15. The maximum atomic E-state index is 13.9. The van der Waals surface area contributed by atoms with E-state index in [0.717, 1.165) is 6.54 Å². The molecule has 2 unspecified atom stereocenters. The number of rotatable bonds is 3. The summed E-state index contributed by atoms with van der Waals surface area (Å²) in [6, 6.07) is 4.68. The number of benzene rings is 1. The van der Waals surface area contributed by atoms with Crippen LogP contribution in [0.2, 0.25) is 0 Å². The van der Waals surface area contributed by atoms with E-state index in [-0.39, 0.29) is 28.9 Å². The lowest BCUT2D eigenvalue weighted by Crippen LogP contribution is -2.22. The largest absolute Gasteiger partial charge is 0.494 e. The molecule has 1 heterocycles.